The van der Waals surface area contributed by atoms with Crippen LogP contribution >= 0.6 is 0 Å². The molecule has 1 aliphatic rings. The molecule has 0 nitrogen and oxygen atoms in total. The van der Waals surface area contributed by atoms with Gasteiger partial charge in [-0.1, -0.05) is 103 Å². The quantitative estimate of drug-likeness (QED) is 0.432. The molecule has 0 amide bonds. The lowest BCUT2D eigenvalue weighted by Crippen LogP contribution is -1.86. The highest BCUT2D eigenvalue weighted by molar-refractivity contribution is 4.72. The van der Waals surface area contributed by atoms with E-state index in [1.807, 2.05) is 0 Å². The molecular weight excluding hydrogens is 240 g/mol. The van der Waals surface area contributed by atoms with Crippen LogP contribution in [0.3, 0.4) is 0 Å². The Kier molecular flexibility index (Phi) is 13.9. The largest absolute Gasteiger partial charge is 0.0533 e. The number of rotatable bonds is 0. The van der Waals surface area contributed by atoms with Gasteiger partial charge in [-0.15, -0.1) is 0 Å². The first kappa shape index (κ1) is 18.1. The lowest BCUT2D eigenvalue weighted by atomic mass is 10.0. The van der Waals surface area contributed by atoms with Gasteiger partial charge in [0.2, 0.25) is 0 Å². The van der Waals surface area contributed by atoms with Crippen molar-refractivity contribution in [2.45, 2.75) is 116 Å². The first-order chi connectivity index (χ1) is 10.0. The Labute approximate surface area is 129 Å². The van der Waals surface area contributed by atoms with E-state index < -0.39 is 0 Å². The summed E-state index contributed by atoms with van der Waals surface area (Å²) in [6.45, 7) is 0. The number of hydrogen-bond acceptors (Lipinski definition) is 0. The predicted octanol–water partition coefficient (Wildman–Crippen LogP) is 7.43. The van der Waals surface area contributed by atoms with Gasteiger partial charge in [0.25, 0.3) is 0 Å². The van der Waals surface area contributed by atoms with E-state index >= 15 is 0 Å². The van der Waals surface area contributed by atoms with E-state index in [-0.39, 0.29) is 0 Å². The molecule has 0 aliphatic heterocycles. The fourth-order valence-electron chi connectivity index (χ4n) is 3.22. The van der Waals surface area contributed by atoms with Gasteiger partial charge in [0.05, 0.1) is 0 Å². The summed E-state index contributed by atoms with van der Waals surface area (Å²) in [6.07, 6.45) is 31.0. The molecule has 1 rings (SSSR count). The first-order valence-electron chi connectivity index (χ1n) is 9.63. The van der Waals surface area contributed by atoms with Crippen LogP contribution in [0.4, 0.5) is 0 Å². The SMILES string of the molecule is [CH]1CC[CH]CCCCCCCCCCCCCCCC1. The zero-order chi connectivity index (χ0) is 14.1. The van der Waals surface area contributed by atoms with Crippen LogP contribution in [0.25, 0.3) is 0 Å². The van der Waals surface area contributed by atoms with Crippen molar-refractivity contribution in [2.75, 3.05) is 0 Å². The minimum atomic E-state index is 1.32. The summed E-state index contributed by atoms with van der Waals surface area (Å²) in [5.41, 5.74) is 0. The van der Waals surface area contributed by atoms with E-state index in [1.54, 1.807) is 0 Å². The summed E-state index contributed by atoms with van der Waals surface area (Å²) in [5.74, 6) is 0. The third-order valence-corrected chi connectivity index (χ3v) is 4.64. The molecule has 2 radical (unpaired) electrons. The molecule has 20 heavy (non-hydrogen) atoms. The molecule has 0 heterocycles. The van der Waals surface area contributed by atoms with Crippen molar-refractivity contribution in [3.63, 3.8) is 0 Å². The Morgan fingerprint density at radius 3 is 0.800 bits per heavy atom. The molecule has 0 N–H and O–H groups in total. The highest BCUT2D eigenvalue weighted by atomic mass is 14.0. The van der Waals surface area contributed by atoms with Crippen LogP contribution in [0, 0.1) is 12.8 Å². The smallest absolute Gasteiger partial charge is 0.0386 e. The molecule has 118 valence electrons. The summed E-state index contributed by atoms with van der Waals surface area (Å²) >= 11 is 0. The van der Waals surface area contributed by atoms with Gasteiger partial charge in [-0.25, -0.2) is 0 Å². The molecule has 1 aliphatic carbocycles. The van der Waals surface area contributed by atoms with Gasteiger partial charge >= 0.3 is 0 Å². The van der Waals surface area contributed by atoms with Gasteiger partial charge in [-0.2, -0.15) is 0 Å². The van der Waals surface area contributed by atoms with Gasteiger partial charge < -0.3 is 0 Å². The van der Waals surface area contributed by atoms with Crippen molar-refractivity contribution < 1.29 is 0 Å². The van der Waals surface area contributed by atoms with Gasteiger partial charge in [0.1, 0.15) is 0 Å². The second-order valence-corrected chi connectivity index (χ2v) is 6.68. The molecular formula is C20H38. The molecule has 0 bridgehead atoms. The van der Waals surface area contributed by atoms with Crippen molar-refractivity contribution in [3.05, 3.63) is 12.8 Å². The molecule has 0 saturated heterocycles. The van der Waals surface area contributed by atoms with Gasteiger partial charge in [-0.05, 0) is 25.7 Å². The second-order valence-electron chi connectivity index (χ2n) is 6.68. The van der Waals surface area contributed by atoms with Crippen molar-refractivity contribution in [1.82, 2.24) is 0 Å². The minimum Gasteiger partial charge on any atom is -0.0533 e. The fourth-order valence-corrected chi connectivity index (χ4v) is 3.22. The summed E-state index contributed by atoms with van der Waals surface area (Å²) in [7, 11) is 0. The van der Waals surface area contributed by atoms with E-state index in [1.165, 1.54) is 116 Å². The van der Waals surface area contributed by atoms with Crippen LogP contribution in [0.1, 0.15) is 116 Å². The van der Waals surface area contributed by atoms with E-state index in [0.29, 0.717) is 0 Å². The normalized spacial score (nSPS) is 24.0. The van der Waals surface area contributed by atoms with Gasteiger partial charge in [0.15, 0.2) is 0 Å². The van der Waals surface area contributed by atoms with Crippen LogP contribution in [0.15, 0.2) is 0 Å². The standard InChI is InChI=1S/C20H38/c1-2-4-6-8-10-12-14-16-18-20-19-17-15-13-11-9-7-5-3-1/h1,6H,2-5,7-20H2. The Morgan fingerprint density at radius 1 is 0.250 bits per heavy atom. The van der Waals surface area contributed by atoms with Crippen LogP contribution in [0.2, 0.25) is 0 Å². The molecule has 0 aromatic rings. The molecule has 0 aromatic carbocycles. The maximum atomic E-state index is 2.52. The summed E-state index contributed by atoms with van der Waals surface area (Å²) < 4.78 is 0. The Bertz CT molecular complexity index is 86.4. The Hall–Kier alpha value is 0. The second kappa shape index (κ2) is 15.4. The average Bonchev–Trinajstić information content (AvgIpc) is 2.46. The van der Waals surface area contributed by atoms with Crippen molar-refractivity contribution >= 4 is 0 Å². The monoisotopic (exact) mass is 278 g/mol. The van der Waals surface area contributed by atoms with Crippen molar-refractivity contribution in [3.8, 4) is 0 Å². The molecule has 1 saturated carbocycles. The minimum absolute atomic E-state index is 1.32. The molecule has 1 fully saturated rings. The Balaban J connectivity index is 2.00. The predicted molar refractivity (Wildman–Crippen MR) is 91.7 cm³/mol. The zero-order valence-electron chi connectivity index (χ0n) is 13.9. The Morgan fingerprint density at radius 2 is 0.500 bits per heavy atom. The van der Waals surface area contributed by atoms with Crippen LogP contribution in [-0.2, 0) is 0 Å². The van der Waals surface area contributed by atoms with Gasteiger partial charge in [-0.3, -0.25) is 0 Å². The fraction of sp³-hybridized carbons (Fsp3) is 0.900. The van der Waals surface area contributed by atoms with E-state index in [0.717, 1.165) is 0 Å². The van der Waals surface area contributed by atoms with E-state index in [4.69, 9.17) is 0 Å². The summed E-state index contributed by atoms with van der Waals surface area (Å²) in [4.78, 5) is 0. The third kappa shape index (κ3) is 13.0. The van der Waals surface area contributed by atoms with E-state index in [9.17, 15) is 0 Å². The lowest BCUT2D eigenvalue weighted by Gasteiger charge is -2.05. The average molecular weight is 279 g/mol. The zero-order valence-corrected chi connectivity index (χ0v) is 13.9. The number of hydrogen-bond donors (Lipinski definition) is 0. The summed E-state index contributed by atoms with van der Waals surface area (Å²) in [5, 5.41) is 0. The summed E-state index contributed by atoms with van der Waals surface area (Å²) in [6, 6.07) is 0. The van der Waals surface area contributed by atoms with Crippen LogP contribution in [0.5, 0.6) is 0 Å². The lowest BCUT2D eigenvalue weighted by molar-refractivity contribution is 0.529. The maximum Gasteiger partial charge on any atom is -0.0386 e. The molecule has 0 aromatic heterocycles. The molecule has 0 heteroatoms. The molecule has 0 spiro atoms. The molecule has 0 unspecified atom stereocenters. The maximum absolute atomic E-state index is 2.52. The first-order valence-corrected chi connectivity index (χ1v) is 9.63. The van der Waals surface area contributed by atoms with E-state index in [2.05, 4.69) is 12.8 Å². The highest BCUT2D eigenvalue weighted by Gasteiger charge is 1.97. The van der Waals surface area contributed by atoms with Gasteiger partial charge in [0, 0.05) is 0 Å². The van der Waals surface area contributed by atoms with Crippen molar-refractivity contribution in [2.24, 2.45) is 0 Å². The van der Waals surface area contributed by atoms with Crippen molar-refractivity contribution in [1.29, 1.82) is 0 Å². The topological polar surface area (TPSA) is 0 Å². The highest BCUT2D eigenvalue weighted by Crippen LogP contribution is 2.16. The third-order valence-electron chi connectivity index (χ3n) is 4.64. The van der Waals surface area contributed by atoms with Crippen LogP contribution in [-0.4, -0.2) is 0 Å². The van der Waals surface area contributed by atoms with Crippen LogP contribution < -0.4 is 0 Å². The molecule has 0 atom stereocenters.